The van der Waals surface area contributed by atoms with Crippen LogP contribution in [0.3, 0.4) is 0 Å². The molecule has 114 valence electrons. The van der Waals surface area contributed by atoms with Gasteiger partial charge >= 0.3 is 6.03 Å². The fourth-order valence-corrected chi connectivity index (χ4v) is 2.19. The second-order valence-electron chi connectivity index (χ2n) is 5.82. The Morgan fingerprint density at radius 3 is 2.71 bits per heavy atom. The summed E-state index contributed by atoms with van der Waals surface area (Å²) in [5.41, 5.74) is 3.25. The standard InChI is InChI=1S/C16H23N3O2/c1-11(2)17-16(20)19(4)10-14-9-15(18-21-14)13-7-5-12(3)6-8-13/h5-8,11,14H,9-10H2,1-4H3,(H,17,20)/t14-/m0/s1. The number of carbonyl (C=O) groups is 1. The quantitative estimate of drug-likeness (QED) is 0.926. The van der Waals surface area contributed by atoms with Crippen LogP contribution in [0.4, 0.5) is 4.79 Å². The molecule has 0 aromatic heterocycles. The number of hydrogen-bond acceptors (Lipinski definition) is 3. The fourth-order valence-electron chi connectivity index (χ4n) is 2.19. The maximum Gasteiger partial charge on any atom is 0.317 e. The number of nitrogens with zero attached hydrogens (tertiary/aromatic N) is 2. The van der Waals surface area contributed by atoms with E-state index in [2.05, 4.69) is 41.7 Å². The van der Waals surface area contributed by atoms with E-state index in [9.17, 15) is 4.79 Å². The Hall–Kier alpha value is -2.04. The molecule has 5 nitrogen and oxygen atoms in total. The van der Waals surface area contributed by atoms with Gasteiger partial charge in [-0.2, -0.15) is 0 Å². The molecule has 1 heterocycles. The van der Waals surface area contributed by atoms with Crippen molar-refractivity contribution >= 4 is 11.7 Å². The molecule has 0 aliphatic carbocycles. The molecule has 0 radical (unpaired) electrons. The van der Waals surface area contributed by atoms with Gasteiger partial charge in [-0.05, 0) is 26.3 Å². The Labute approximate surface area is 126 Å². The monoisotopic (exact) mass is 289 g/mol. The molecule has 0 spiro atoms. The summed E-state index contributed by atoms with van der Waals surface area (Å²) in [6, 6.07) is 8.27. The summed E-state index contributed by atoms with van der Waals surface area (Å²) in [6.07, 6.45) is 0.645. The minimum Gasteiger partial charge on any atom is -0.390 e. The Morgan fingerprint density at radius 1 is 1.43 bits per heavy atom. The highest BCUT2D eigenvalue weighted by Crippen LogP contribution is 2.17. The van der Waals surface area contributed by atoms with Crippen molar-refractivity contribution in [3.05, 3.63) is 35.4 Å². The normalized spacial score (nSPS) is 17.4. The number of rotatable bonds is 4. The highest BCUT2D eigenvalue weighted by Gasteiger charge is 2.25. The lowest BCUT2D eigenvalue weighted by Gasteiger charge is -2.21. The highest BCUT2D eigenvalue weighted by atomic mass is 16.6. The molecule has 0 unspecified atom stereocenters. The van der Waals surface area contributed by atoms with E-state index in [1.807, 2.05) is 13.8 Å². The van der Waals surface area contributed by atoms with Crippen molar-refractivity contribution < 1.29 is 9.63 Å². The predicted molar refractivity (Wildman–Crippen MR) is 83.5 cm³/mol. The Kier molecular flexibility index (Phi) is 4.83. The number of amides is 2. The van der Waals surface area contributed by atoms with E-state index in [0.717, 1.165) is 17.7 Å². The van der Waals surface area contributed by atoms with Crippen LogP contribution in [0.25, 0.3) is 0 Å². The molecular formula is C16H23N3O2. The molecule has 1 aromatic rings. The van der Waals surface area contributed by atoms with Gasteiger partial charge in [0.05, 0.1) is 12.3 Å². The molecule has 2 rings (SSSR count). The Balaban J connectivity index is 1.87. The summed E-state index contributed by atoms with van der Waals surface area (Å²) in [4.78, 5) is 18.9. The van der Waals surface area contributed by atoms with E-state index in [-0.39, 0.29) is 18.2 Å². The summed E-state index contributed by atoms with van der Waals surface area (Å²) < 4.78 is 0. The van der Waals surface area contributed by atoms with Gasteiger partial charge in [0.15, 0.2) is 6.10 Å². The van der Waals surface area contributed by atoms with Gasteiger partial charge in [0, 0.05) is 19.5 Å². The van der Waals surface area contributed by atoms with Gasteiger partial charge in [0.2, 0.25) is 0 Å². The van der Waals surface area contributed by atoms with Crippen molar-refractivity contribution in [3.63, 3.8) is 0 Å². The molecule has 1 aliphatic heterocycles. The zero-order chi connectivity index (χ0) is 15.4. The van der Waals surface area contributed by atoms with E-state index in [1.54, 1.807) is 11.9 Å². The van der Waals surface area contributed by atoms with Crippen molar-refractivity contribution in [2.45, 2.75) is 39.3 Å². The molecule has 0 fully saturated rings. The molecule has 2 amide bonds. The number of urea groups is 1. The summed E-state index contributed by atoms with van der Waals surface area (Å²) in [5.74, 6) is 0. The first-order valence-corrected chi connectivity index (χ1v) is 7.27. The van der Waals surface area contributed by atoms with Crippen LogP contribution < -0.4 is 5.32 Å². The molecule has 1 atom stereocenters. The third kappa shape index (κ3) is 4.21. The smallest absolute Gasteiger partial charge is 0.317 e. The van der Waals surface area contributed by atoms with E-state index in [1.165, 1.54) is 5.56 Å². The van der Waals surface area contributed by atoms with Crippen LogP contribution in [0.5, 0.6) is 0 Å². The largest absolute Gasteiger partial charge is 0.390 e. The second kappa shape index (κ2) is 6.61. The summed E-state index contributed by atoms with van der Waals surface area (Å²) in [7, 11) is 1.77. The number of carbonyl (C=O) groups excluding carboxylic acids is 1. The van der Waals surface area contributed by atoms with Gasteiger partial charge in [-0.15, -0.1) is 0 Å². The van der Waals surface area contributed by atoms with Crippen LogP contribution in [0.1, 0.15) is 31.4 Å². The summed E-state index contributed by atoms with van der Waals surface area (Å²) in [5, 5.41) is 7.01. The molecule has 1 N–H and O–H groups in total. The van der Waals surface area contributed by atoms with E-state index in [0.29, 0.717) is 6.54 Å². The molecule has 0 bridgehead atoms. The first-order valence-electron chi connectivity index (χ1n) is 7.27. The number of hydrogen-bond donors (Lipinski definition) is 1. The van der Waals surface area contributed by atoms with Crippen LogP contribution in [0, 0.1) is 6.92 Å². The minimum atomic E-state index is -0.0858. The Bertz CT molecular complexity index is 523. The zero-order valence-electron chi connectivity index (χ0n) is 13.1. The van der Waals surface area contributed by atoms with Gasteiger partial charge in [-0.3, -0.25) is 0 Å². The molecular weight excluding hydrogens is 266 g/mol. The van der Waals surface area contributed by atoms with Gasteiger partial charge in [0.25, 0.3) is 0 Å². The third-order valence-corrected chi connectivity index (χ3v) is 3.35. The van der Waals surface area contributed by atoms with Gasteiger partial charge in [-0.1, -0.05) is 35.0 Å². The van der Waals surface area contributed by atoms with Gasteiger partial charge in [-0.25, -0.2) is 4.79 Å². The van der Waals surface area contributed by atoms with Crippen LogP contribution in [-0.4, -0.2) is 42.4 Å². The number of benzene rings is 1. The van der Waals surface area contributed by atoms with Crippen LogP contribution >= 0.6 is 0 Å². The second-order valence-corrected chi connectivity index (χ2v) is 5.82. The van der Waals surface area contributed by atoms with E-state index >= 15 is 0 Å². The molecule has 1 aromatic carbocycles. The van der Waals surface area contributed by atoms with Gasteiger partial charge < -0.3 is 15.1 Å². The van der Waals surface area contributed by atoms with Crippen molar-refractivity contribution in [1.82, 2.24) is 10.2 Å². The lowest BCUT2D eigenvalue weighted by Crippen LogP contribution is -2.43. The van der Waals surface area contributed by atoms with Crippen LogP contribution in [0.2, 0.25) is 0 Å². The minimum absolute atomic E-state index is 0.0794. The first-order chi connectivity index (χ1) is 9.95. The SMILES string of the molecule is Cc1ccc(C2=NO[C@H](CN(C)C(=O)NC(C)C)C2)cc1. The average molecular weight is 289 g/mol. The number of oxime groups is 1. The fraction of sp³-hybridized carbons (Fsp3) is 0.500. The van der Waals surface area contributed by atoms with Crippen molar-refractivity contribution in [1.29, 1.82) is 0 Å². The maximum atomic E-state index is 11.9. The molecule has 5 heteroatoms. The molecule has 0 saturated carbocycles. The number of nitrogens with one attached hydrogen (secondary N) is 1. The predicted octanol–water partition coefficient (Wildman–Crippen LogP) is 2.54. The molecule has 21 heavy (non-hydrogen) atoms. The van der Waals surface area contributed by atoms with Crippen molar-refractivity contribution in [3.8, 4) is 0 Å². The van der Waals surface area contributed by atoms with Crippen molar-refractivity contribution in [2.24, 2.45) is 5.16 Å². The van der Waals surface area contributed by atoms with Gasteiger partial charge in [0.1, 0.15) is 0 Å². The lowest BCUT2D eigenvalue weighted by molar-refractivity contribution is 0.0655. The maximum absolute atomic E-state index is 11.9. The lowest BCUT2D eigenvalue weighted by atomic mass is 10.0. The summed E-state index contributed by atoms with van der Waals surface area (Å²) in [6.45, 7) is 6.46. The van der Waals surface area contributed by atoms with Crippen LogP contribution in [0.15, 0.2) is 29.4 Å². The van der Waals surface area contributed by atoms with Crippen molar-refractivity contribution in [2.75, 3.05) is 13.6 Å². The van der Waals surface area contributed by atoms with Crippen LogP contribution in [-0.2, 0) is 4.84 Å². The molecule has 1 aliphatic rings. The summed E-state index contributed by atoms with van der Waals surface area (Å²) >= 11 is 0. The average Bonchev–Trinajstić information content (AvgIpc) is 2.87. The van der Waals surface area contributed by atoms with E-state index in [4.69, 9.17) is 4.84 Å². The third-order valence-electron chi connectivity index (χ3n) is 3.35. The number of aryl methyl sites for hydroxylation is 1. The highest BCUT2D eigenvalue weighted by molar-refractivity contribution is 6.01. The molecule has 0 saturated heterocycles. The number of likely N-dealkylation sites (N-methyl/N-ethyl adjacent to an activating group) is 1. The first kappa shape index (κ1) is 15.4. The zero-order valence-corrected chi connectivity index (χ0v) is 13.1. The Morgan fingerprint density at radius 2 is 2.10 bits per heavy atom. The van der Waals surface area contributed by atoms with E-state index < -0.39 is 0 Å². The topological polar surface area (TPSA) is 53.9 Å².